The van der Waals surface area contributed by atoms with Gasteiger partial charge in [-0.05, 0) is 48.4 Å². The quantitative estimate of drug-likeness (QED) is 0.513. The fourth-order valence-corrected chi connectivity index (χ4v) is 5.39. The number of β-amino-alcohol motifs (C(OH)–C–C–N with tert-alkyl or cyclic N) is 1. The van der Waals surface area contributed by atoms with E-state index in [4.69, 9.17) is 0 Å². The molecule has 8 nitrogen and oxygen atoms in total. The molecule has 192 valence electrons. The molecule has 0 amide bonds. The molecule has 36 heavy (non-hydrogen) atoms. The molecule has 2 atom stereocenters. The van der Waals surface area contributed by atoms with Crippen LogP contribution in [-0.4, -0.2) is 67.1 Å². The lowest BCUT2D eigenvalue weighted by atomic mass is 10.0. The Morgan fingerprint density at radius 1 is 1.00 bits per heavy atom. The summed E-state index contributed by atoms with van der Waals surface area (Å²) in [7, 11) is -0.0636. The molecular weight excluding hydrogens is 495 g/mol. The number of anilines is 2. The number of pyridine rings is 2. The van der Waals surface area contributed by atoms with E-state index < -0.39 is 33.9 Å². The van der Waals surface area contributed by atoms with Crippen molar-refractivity contribution in [3.05, 3.63) is 66.5 Å². The first-order valence-electron chi connectivity index (χ1n) is 11.2. The van der Waals surface area contributed by atoms with Crippen molar-refractivity contribution in [2.24, 2.45) is 0 Å². The average Bonchev–Trinajstić information content (AvgIpc) is 2.85. The van der Waals surface area contributed by atoms with Crippen LogP contribution in [0.4, 0.5) is 24.8 Å². The van der Waals surface area contributed by atoms with Crippen molar-refractivity contribution >= 4 is 21.7 Å². The Labute approximate surface area is 207 Å². The summed E-state index contributed by atoms with van der Waals surface area (Å²) in [5, 5.41) is 13.5. The van der Waals surface area contributed by atoms with E-state index in [-0.39, 0.29) is 30.2 Å². The molecule has 3 heterocycles. The molecule has 1 saturated heterocycles. The minimum Gasteiger partial charge on any atom is -0.390 e. The fourth-order valence-electron chi connectivity index (χ4n) is 3.92. The highest BCUT2D eigenvalue weighted by molar-refractivity contribution is 7.89. The van der Waals surface area contributed by atoms with Crippen molar-refractivity contribution in [3.8, 4) is 11.1 Å². The third-order valence-electron chi connectivity index (χ3n) is 6.00. The predicted molar refractivity (Wildman–Crippen MR) is 130 cm³/mol. The van der Waals surface area contributed by atoms with Crippen LogP contribution in [0.1, 0.15) is 12.0 Å². The SMILES string of the molecule is CN(C)c1ccc(-c2ccc(S(=O)(=O)N3CC[C@@H](Nc4ccc(C(F)(F)F)cn4)[C@@H](O)C3)cc2)cn1. The summed E-state index contributed by atoms with van der Waals surface area (Å²) in [5.41, 5.74) is 0.796. The van der Waals surface area contributed by atoms with E-state index in [1.165, 1.54) is 22.5 Å². The maximum Gasteiger partial charge on any atom is 0.417 e. The molecule has 2 aromatic heterocycles. The molecule has 1 aromatic carbocycles. The Morgan fingerprint density at radius 2 is 1.69 bits per heavy atom. The molecule has 1 aliphatic heterocycles. The van der Waals surface area contributed by atoms with Crippen LogP contribution in [0.3, 0.4) is 0 Å². The first kappa shape index (κ1) is 25.9. The maximum absolute atomic E-state index is 13.2. The molecule has 0 aliphatic carbocycles. The molecule has 1 aliphatic rings. The topological polar surface area (TPSA) is 98.7 Å². The highest BCUT2D eigenvalue weighted by Crippen LogP contribution is 2.30. The van der Waals surface area contributed by atoms with Gasteiger partial charge in [0.2, 0.25) is 10.0 Å². The van der Waals surface area contributed by atoms with Crippen LogP contribution in [0, 0.1) is 0 Å². The number of aliphatic hydroxyl groups is 1. The Bertz CT molecular complexity index is 1280. The van der Waals surface area contributed by atoms with Crippen molar-refractivity contribution in [1.82, 2.24) is 14.3 Å². The van der Waals surface area contributed by atoms with Crippen molar-refractivity contribution in [2.75, 3.05) is 37.4 Å². The molecule has 0 unspecified atom stereocenters. The number of nitrogens with one attached hydrogen (secondary N) is 1. The zero-order chi connectivity index (χ0) is 26.1. The largest absolute Gasteiger partial charge is 0.417 e. The van der Waals surface area contributed by atoms with E-state index in [0.717, 1.165) is 23.0 Å². The molecule has 0 saturated carbocycles. The summed E-state index contributed by atoms with van der Waals surface area (Å²) in [6.45, 7) is -0.0202. The van der Waals surface area contributed by atoms with Gasteiger partial charge in [0.05, 0.1) is 22.6 Å². The van der Waals surface area contributed by atoms with Crippen LogP contribution in [0.15, 0.2) is 65.8 Å². The first-order valence-corrected chi connectivity index (χ1v) is 12.6. The lowest BCUT2D eigenvalue weighted by Gasteiger charge is -2.35. The predicted octanol–water partition coefficient (Wildman–Crippen LogP) is 3.46. The minimum absolute atomic E-state index is 0.104. The Kier molecular flexibility index (Phi) is 7.21. The van der Waals surface area contributed by atoms with Gasteiger partial charge in [0.1, 0.15) is 11.6 Å². The minimum atomic E-state index is -4.49. The number of piperidine rings is 1. The summed E-state index contributed by atoms with van der Waals surface area (Å²) in [6, 6.07) is 11.8. The van der Waals surface area contributed by atoms with Gasteiger partial charge in [-0.3, -0.25) is 0 Å². The van der Waals surface area contributed by atoms with Gasteiger partial charge in [0.25, 0.3) is 0 Å². The number of rotatable bonds is 6. The molecule has 2 N–H and O–H groups in total. The fraction of sp³-hybridized carbons (Fsp3) is 0.333. The zero-order valence-electron chi connectivity index (χ0n) is 19.6. The van der Waals surface area contributed by atoms with Crippen LogP contribution >= 0.6 is 0 Å². The number of hydrogen-bond acceptors (Lipinski definition) is 7. The van der Waals surface area contributed by atoms with Gasteiger partial charge in [-0.25, -0.2) is 18.4 Å². The van der Waals surface area contributed by atoms with Crippen molar-refractivity contribution in [1.29, 1.82) is 0 Å². The van der Waals surface area contributed by atoms with E-state index in [1.54, 1.807) is 18.3 Å². The molecule has 12 heteroatoms. The number of aromatic nitrogens is 2. The summed E-state index contributed by atoms with van der Waals surface area (Å²) in [5.74, 6) is 0.982. The third-order valence-corrected chi connectivity index (χ3v) is 7.88. The van der Waals surface area contributed by atoms with E-state index in [0.29, 0.717) is 6.20 Å². The van der Waals surface area contributed by atoms with Crippen LogP contribution < -0.4 is 10.2 Å². The number of halogens is 3. The van der Waals surface area contributed by atoms with Gasteiger partial charge in [0, 0.05) is 45.1 Å². The number of sulfonamides is 1. The summed E-state index contributed by atoms with van der Waals surface area (Å²) in [6.07, 6.45) is -2.87. The van der Waals surface area contributed by atoms with E-state index in [2.05, 4.69) is 15.3 Å². The third kappa shape index (κ3) is 5.61. The summed E-state index contributed by atoms with van der Waals surface area (Å²) >= 11 is 0. The van der Waals surface area contributed by atoms with Crippen LogP contribution in [0.2, 0.25) is 0 Å². The van der Waals surface area contributed by atoms with Gasteiger partial charge in [-0.1, -0.05) is 12.1 Å². The van der Waals surface area contributed by atoms with E-state index >= 15 is 0 Å². The van der Waals surface area contributed by atoms with Gasteiger partial charge in [-0.2, -0.15) is 17.5 Å². The average molecular weight is 522 g/mol. The van der Waals surface area contributed by atoms with Crippen molar-refractivity contribution in [3.63, 3.8) is 0 Å². The number of hydrogen-bond donors (Lipinski definition) is 2. The monoisotopic (exact) mass is 521 g/mol. The highest BCUT2D eigenvalue weighted by atomic mass is 32.2. The second-order valence-electron chi connectivity index (χ2n) is 8.72. The molecular formula is C24H26F3N5O3S. The van der Waals surface area contributed by atoms with Gasteiger partial charge in [-0.15, -0.1) is 0 Å². The van der Waals surface area contributed by atoms with Crippen LogP contribution in [0.5, 0.6) is 0 Å². The second-order valence-corrected chi connectivity index (χ2v) is 10.7. The molecule has 1 fully saturated rings. The molecule has 0 spiro atoms. The van der Waals surface area contributed by atoms with Crippen LogP contribution in [-0.2, 0) is 16.2 Å². The number of aliphatic hydroxyl groups excluding tert-OH is 1. The molecule has 3 aromatic rings. The lowest BCUT2D eigenvalue weighted by Crippen LogP contribution is -2.51. The smallest absolute Gasteiger partial charge is 0.390 e. The maximum atomic E-state index is 13.2. The Morgan fingerprint density at radius 3 is 2.22 bits per heavy atom. The summed E-state index contributed by atoms with van der Waals surface area (Å²) < 4.78 is 65.7. The molecule has 4 rings (SSSR count). The lowest BCUT2D eigenvalue weighted by molar-refractivity contribution is -0.137. The van der Waals surface area contributed by atoms with Gasteiger partial charge >= 0.3 is 6.18 Å². The number of benzene rings is 1. The normalized spacial score (nSPS) is 19.2. The first-order chi connectivity index (χ1) is 16.9. The molecule has 0 radical (unpaired) electrons. The molecule has 0 bridgehead atoms. The Balaban J connectivity index is 1.40. The second kappa shape index (κ2) is 10.0. The zero-order valence-corrected chi connectivity index (χ0v) is 20.5. The number of nitrogens with zero attached hydrogens (tertiary/aromatic N) is 4. The standard InChI is InChI=1S/C24H26F3N5O3S/c1-31(2)23-10-5-17(13-29-23)16-3-7-19(8-4-16)36(34,35)32-12-11-20(21(33)15-32)30-22-9-6-18(14-28-22)24(25,26)27/h3-10,13-14,20-21,33H,11-12,15H2,1-2H3,(H,28,30)/t20-,21+/m1/s1. The van der Waals surface area contributed by atoms with Crippen LogP contribution in [0.25, 0.3) is 11.1 Å². The van der Waals surface area contributed by atoms with E-state index in [9.17, 15) is 26.7 Å². The van der Waals surface area contributed by atoms with Crippen molar-refractivity contribution < 1.29 is 26.7 Å². The van der Waals surface area contributed by atoms with Gasteiger partial charge in [0.15, 0.2) is 0 Å². The number of alkyl halides is 3. The van der Waals surface area contributed by atoms with Gasteiger partial charge < -0.3 is 15.3 Å². The van der Waals surface area contributed by atoms with E-state index in [1.807, 2.05) is 31.1 Å². The highest BCUT2D eigenvalue weighted by Gasteiger charge is 2.35. The summed E-state index contributed by atoms with van der Waals surface area (Å²) in [4.78, 5) is 10.1. The van der Waals surface area contributed by atoms with Crippen molar-refractivity contribution in [2.45, 2.75) is 29.6 Å². The Hall–Kier alpha value is -3.22.